The number of alkyl halides is 3. The van der Waals surface area contributed by atoms with Crippen LogP contribution in [-0.2, 0) is 0 Å². The second-order valence-electron chi connectivity index (χ2n) is 4.95. The highest BCUT2D eigenvalue weighted by atomic mass is 19.4. The summed E-state index contributed by atoms with van der Waals surface area (Å²) in [7, 11) is 0. The van der Waals surface area contributed by atoms with Crippen LogP contribution < -0.4 is 10.1 Å². The minimum atomic E-state index is -4.17. The number of para-hydroxylation sites is 1. The van der Waals surface area contributed by atoms with Crippen LogP contribution in [0.4, 0.5) is 13.2 Å². The van der Waals surface area contributed by atoms with Gasteiger partial charge in [0, 0.05) is 18.0 Å². The lowest BCUT2D eigenvalue weighted by atomic mass is 9.99. The summed E-state index contributed by atoms with van der Waals surface area (Å²) in [6, 6.07) is 7.03. The highest BCUT2D eigenvalue weighted by molar-refractivity contribution is 5.38. The Morgan fingerprint density at radius 2 is 1.94 bits per heavy atom. The molecule has 1 N–H and O–H groups in total. The molecule has 5 heteroatoms. The molecule has 1 atom stereocenters. The van der Waals surface area contributed by atoms with E-state index in [0.717, 1.165) is 5.56 Å². The van der Waals surface area contributed by atoms with Crippen molar-refractivity contribution in [1.29, 1.82) is 0 Å². The maximum absolute atomic E-state index is 12.9. The number of fused-ring (bicyclic) bond motifs is 1. The second kappa shape index (κ2) is 3.88. The molecular weight excluding hydrogens is 243 g/mol. The standard InChI is InChI=1S/C13H14F3NO/c14-13(15,16)12(6-7-12)17-10-5-8-18-11-4-2-1-3-9(10)11/h1-4,10,17H,5-8H2. The summed E-state index contributed by atoms with van der Waals surface area (Å²) in [4.78, 5) is 0. The molecule has 0 bridgehead atoms. The summed E-state index contributed by atoms with van der Waals surface area (Å²) in [6.45, 7) is 0.461. The van der Waals surface area contributed by atoms with Crippen LogP contribution in [-0.4, -0.2) is 18.3 Å². The molecule has 0 saturated heterocycles. The smallest absolute Gasteiger partial charge is 0.406 e. The number of rotatable bonds is 2. The zero-order valence-electron chi connectivity index (χ0n) is 9.76. The molecule has 0 aromatic heterocycles. The summed E-state index contributed by atoms with van der Waals surface area (Å²) < 4.78 is 44.3. The van der Waals surface area contributed by atoms with Crippen LogP contribution in [0.5, 0.6) is 5.75 Å². The topological polar surface area (TPSA) is 21.3 Å². The van der Waals surface area contributed by atoms with Crippen molar-refractivity contribution in [2.75, 3.05) is 6.61 Å². The predicted octanol–water partition coefficient (Wildman–Crippen LogP) is 3.19. The zero-order valence-corrected chi connectivity index (χ0v) is 9.76. The first-order chi connectivity index (χ1) is 8.52. The van der Waals surface area contributed by atoms with Gasteiger partial charge in [0.15, 0.2) is 0 Å². The minimum absolute atomic E-state index is 0.177. The van der Waals surface area contributed by atoms with Crippen molar-refractivity contribution >= 4 is 0 Å². The Bertz CT molecular complexity index is 454. The van der Waals surface area contributed by atoms with Crippen LogP contribution in [0.2, 0.25) is 0 Å². The molecule has 1 aliphatic carbocycles. The SMILES string of the molecule is FC(F)(F)C1(NC2CCOc3ccccc32)CC1. The molecule has 18 heavy (non-hydrogen) atoms. The van der Waals surface area contributed by atoms with Gasteiger partial charge >= 0.3 is 6.18 Å². The fourth-order valence-corrected chi connectivity index (χ4v) is 2.46. The molecule has 1 aromatic rings. The number of hydrogen-bond donors (Lipinski definition) is 1. The third-order valence-corrected chi connectivity index (χ3v) is 3.70. The van der Waals surface area contributed by atoms with Crippen LogP contribution in [0.3, 0.4) is 0 Å². The van der Waals surface area contributed by atoms with E-state index in [-0.39, 0.29) is 18.9 Å². The van der Waals surface area contributed by atoms with Crippen molar-refractivity contribution in [2.45, 2.75) is 37.0 Å². The molecule has 2 nitrogen and oxygen atoms in total. The Balaban J connectivity index is 1.83. The first-order valence-corrected chi connectivity index (χ1v) is 6.08. The number of benzene rings is 1. The molecule has 1 unspecified atom stereocenters. The fraction of sp³-hybridized carbons (Fsp3) is 0.538. The Hall–Kier alpha value is -1.23. The third-order valence-electron chi connectivity index (χ3n) is 3.70. The van der Waals surface area contributed by atoms with Crippen LogP contribution in [0.25, 0.3) is 0 Å². The van der Waals surface area contributed by atoms with Gasteiger partial charge < -0.3 is 4.74 Å². The van der Waals surface area contributed by atoms with Gasteiger partial charge in [-0.2, -0.15) is 13.2 Å². The van der Waals surface area contributed by atoms with Gasteiger partial charge in [0.1, 0.15) is 11.3 Å². The highest BCUT2D eigenvalue weighted by Gasteiger charge is 2.63. The largest absolute Gasteiger partial charge is 0.493 e. The van der Waals surface area contributed by atoms with Gasteiger partial charge in [0.05, 0.1) is 6.61 Å². The van der Waals surface area contributed by atoms with Gasteiger partial charge in [-0.05, 0) is 18.9 Å². The normalized spacial score (nSPS) is 25.2. The highest BCUT2D eigenvalue weighted by Crippen LogP contribution is 2.51. The number of ether oxygens (including phenoxy) is 1. The monoisotopic (exact) mass is 257 g/mol. The minimum Gasteiger partial charge on any atom is -0.493 e. The van der Waals surface area contributed by atoms with E-state index in [1.54, 1.807) is 6.07 Å². The van der Waals surface area contributed by atoms with Gasteiger partial charge in [0.2, 0.25) is 0 Å². The van der Waals surface area contributed by atoms with Crippen molar-refractivity contribution in [3.8, 4) is 5.75 Å². The molecule has 2 aliphatic rings. The average molecular weight is 257 g/mol. The van der Waals surface area contributed by atoms with E-state index in [2.05, 4.69) is 5.32 Å². The van der Waals surface area contributed by atoms with E-state index in [9.17, 15) is 13.2 Å². The van der Waals surface area contributed by atoms with E-state index in [4.69, 9.17) is 4.74 Å². The van der Waals surface area contributed by atoms with E-state index >= 15 is 0 Å². The first-order valence-electron chi connectivity index (χ1n) is 6.08. The van der Waals surface area contributed by atoms with Crippen LogP contribution in [0.15, 0.2) is 24.3 Å². The Labute approximate surface area is 103 Å². The predicted molar refractivity (Wildman–Crippen MR) is 60.5 cm³/mol. The number of hydrogen-bond acceptors (Lipinski definition) is 2. The molecule has 1 saturated carbocycles. The van der Waals surface area contributed by atoms with Crippen LogP contribution >= 0.6 is 0 Å². The molecule has 1 aliphatic heterocycles. The summed E-state index contributed by atoms with van der Waals surface area (Å²) in [5.74, 6) is 0.694. The zero-order chi connectivity index (χ0) is 12.8. The summed E-state index contributed by atoms with van der Waals surface area (Å²) >= 11 is 0. The van der Waals surface area contributed by atoms with Crippen molar-refractivity contribution in [2.24, 2.45) is 0 Å². The second-order valence-corrected chi connectivity index (χ2v) is 4.95. The lowest BCUT2D eigenvalue weighted by Crippen LogP contribution is -2.47. The van der Waals surface area contributed by atoms with Gasteiger partial charge in [-0.25, -0.2) is 0 Å². The summed E-state index contributed by atoms with van der Waals surface area (Å²) in [5, 5.41) is 2.80. The van der Waals surface area contributed by atoms with E-state index < -0.39 is 11.7 Å². The van der Waals surface area contributed by atoms with Crippen LogP contribution in [0.1, 0.15) is 30.9 Å². The molecule has 1 heterocycles. The molecule has 1 aromatic carbocycles. The van der Waals surface area contributed by atoms with Gasteiger partial charge in [0.25, 0.3) is 0 Å². The molecule has 3 rings (SSSR count). The van der Waals surface area contributed by atoms with E-state index in [0.29, 0.717) is 18.8 Å². The average Bonchev–Trinajstić information content (AvgIpc) is 3.10. The number of nitrogens with one attached hydrogen (secondary N) is 1. The summed E-state index contributed by atoms with van der Waals surface area (Å²) in [5.41, 5.74) is -0.832. The molecular formula is C13H14F3NO. The van der Waals surface area contributed by atoms with E-state index in [1.807, 2.05) is 18.2 Å². The number of halogens is 3. The molecule has 0 radical (unpaired) electrons. The molecule has 0 amide bonds. The third kappa shape index (κ3) is 1.86. The van der Waals surface area contributed by atoms with Crippen molar-refractivity contribution in [1.82, 2.24) is 5.32 Å². The lowest BCUT2D eigenvalue weighted by molar-refractivity contribution is -0.168. The van der Waals surface area contributed by atoms with Gasteiger partial charge in [-0.1, -0.05) is 18.2 Å². The maximum Gasteiger partial charge on any atom is 0.406 e. The molecule has 1 fully saturated rings. The van der Waals surface area contributed by atoms with Gasteiger partial charge in [-0.3, -0.25) is 5.32 Å². The van der Waals surface area contributed by atoms with Crippen molar-refractivity contribution in [3.63, 3.8) is 0 Å². The summed E-state index contributed by atoms with van der Waals surface area (Å²) in [6.07, 6.45) is -3.23. The van der Waals surface area contributed by atoms with Gasteiger partial charge in [-0.15, -0.1) is 0 Å². The van der Waals surface area contributed by atoms with Crippen molar-refractivity contribution in [3.05, 3.63) is 29.8 Å². The molecule has 0 spiro atoms. The van der Waals surface area contributed by atoms with Crippen LogP contribution in [0, 0.1) is 0 Å². The van der Waals surface area contributed by atoms with E-state index in [1.165, 1.54) is 0 Å². The Morgan fingerprint density at radius 1 is 1.22 bits per heavy atom. The fourth-order valence-electron chi connectivity index (χ4n) is 2.46. The lowest BCUT2D eigenvalue weighted by Gasteiger charge is -2.31. The maximum atomic E-state index is 12.9. The Morgan fingerprint density at radius 3 is 2.61 bits per heavy atom. The first kappa shape index (κ1) is 11.8. The van der Waals surface area contributed by atoms with Crippen molar-refractivity contribution < 1.29 is 17.9 Å². The quantitative estimate of drug-likeness (QED) is 0.878. The molecule has 98 valence electrons. The Kier molecular flexibility index (Phi) is 2.55.